The third-order valence-electron chi connectivity index (χ3n) is 0.774. The monoisotopic (exact) mass is 307 g/mol. The van der Waals surface area contributed by atoms with Gasteiger partial charge in [0, 0.05) is 10.4 Å². The SMILES string of the molecule is N#CN=N\N=N/N=N\N=N/N=N\N=N/N=N\N=N/N=N\N=N. The van der Waals surface area contributed by atoms with E-state index >= 15 is 0 Å². The van der Waals surface area contributed by atoms with Crippen molar-refractivity contribution in [2.45, 2.75) is 0 Å². The minimum atomic E-state index is 1.32. The Hall–Kier alpha value is -4.51. The summed E-state index contributed by atoms with van der Waals surface area (Å²) in [5.74, 6) is 0. The Morgan fingerprint density at radius 3 is 1.00 bits per heavy atom. The predicted molar refractivity (Wildman–Crippen MR) is 54.5 cm³/mol. The predicted octanol–water partition coefficient (Wildman–Crippen LogP) is 3.80. The average Bonchev–Trinajstić information content (AvgIpc) is 2.54. The number of nitrogens with zero attached hydrogens (tertiary/aromatic N) is 20. The van der Waals surface area contributed by atoms with Crippen molar-refractivity contribution in [1.82, 2.24) is 0 Å². The third kappa shape index (κ3) is 15.5. The van der Waals surface area contributed by atoms with Gasteiger partial charge in [0.2, 0.25) is 6.19 Å². The summed E-state index contributed by atoms with van der Waals surface area (Å²) in [4.78, 5) is 0. The van der Waals surface area contributed by atoms with Crippen molar-refractivity contribution in [3.8, 4) is 6.19 Å². The van der Waals surface area contributed by atoms with E-state index in [9.17, 15) is 0 Å². The Balaban J connectivity index is 3.89. The molecule has 21 heteroatoms. The van der Waals surface area contributed by atoms with E-state index < -0.39 is 0 Å². The smallest absolute Gasteiger partial charge is 0.183 e. The molecule has 1 N–H and O–H groups in total. The van der Waals surface area contributed by atoms with Crippen LogP contribution in [0.5, 0.6) is 0 Å². The molecule has 0 heterocycles. The summed E-state index contributed by atoms with van der Waals surface area (Å²) in [6, 6.07) is 0. The Labute approximate surface area is 117 Å². The van der Waals surface area contributed by atoms with Crippen molar-refractivity contribution >= 4 is 0 Å². The maximum Gasteiger partial charge on any atom is 0.227 e. The van der Waals surface area contributed by atoms with Crippen molar-refractivity contribution in [2.24, 2.45) is 99.1 Å². The molecular weight excluding hydrogens is 306 g/mol. The van der Waals surface area contributed by atoms with Gasteiger partial charge in [0.05, 0.1) is 0 Å². The summed E-state index contributed by atoms with van der Waals surface area (Å²) < 4.78 is 0. The second kappa shape index (κ2) is 16.5. The Kier molecular flexibility index (Phi) is 13.1. The molecule has 110 valence electrons. The van der Waals surface area contributed by atoms with Crippen molar-refractivity contribution in [1.29, 1.82) is 10.8 Å². The highest BCUT2D eigenvalue weighted by Gasteiger charge is 1.71. The fraction of sp³-hybridized carbons (Fsp3) is 0. The number of hydrogen-bond acceptors (Lipinski definition) is 3. The first-order chi connectivity index (χ1) is 10.9. The van der Waals surface area contributed by atoms with E-state index in [0.29, 0.717) is 0 Å². The van der Waals surface area contributed by atoms with E-state index in [-0.39, 0.29) is 0 Å². The fourth-order valence-electron chi connectivity index (χ4n) is 0.328. The van der Waals surface area contributed by atoms with Crippen LogP contribution in [0, 0.1) is 17.0 Å². The topological polar surface area (TPSA) is 282 Å². The second-order valence-electron chi connectivity index (χ2n) is 1.82. The molecule has 0 saturated heterocycles. The van der Waals surface area contributed by atoms with Crippen molar-refractivity contribution in [3.05, 3.63) is 0 Å². The molecule has 0 aliphatic carbocycles. The maximum atomic E-state index is 7.92. The number of rotatable bonds is 9. The van der Waals surface area contributed by atoms with Crippen LogP contribution in [-0.4, -0.2) is 0 Å². The van der Waals surface area contributed by atoms with E-state index in [1.54, 1.807) is 0 Å². The average molecular weight is 307 g/mol. The Morgan fingerprint density at radius 1 is 0.455 bits per heavy atom. The largest absolute Gasteiger partial charge is 0.227 e. The molecule has 0 aromatic rings. The van der Waals surface area contributed by atoms with Crippen LogP contribution in [0.4, 0.5) is 0 Å². The zero-order chi connectivity index (χ0) is 16.1. The minimum absolute atomic E-state index is 1.32. The highest BCUT2D eigenvalue weighted by Crippen LogP contribution is 1.89. The van der Waals surface area contributed by atoms with Gasteiger partial charge in [-0.05, 0) is 88.7 Å². The third-order valence-corrected chi connectivity index (χ3v) is 0.774. The van der Waals surface area contributed by atoms with Crippen LogP contribution >= 0.6 is 0 Å². The lowest BCUT2D eigenvalue weighted by Gasteiger charge is -1.69. The second-order valence-corrected chi connectivity index (χ2v) is 1.82. The van der Waals surface area contributed by atoms with Gasteiger partial charge in [-0.25, -0.2) is 0 Å². The van der Waals surface area contributed by atoms with Gasteiger partial charge < -0.3 is 0 Å². The molecule has 0 amide bonds. The van der Waals surface area contributed by atoms with Crippen molar-refractivity contribution in [2.75, 3.05) is 0 Å². The van der Waals surface area contributed by atoms with Gasteiger partial charge in [-0.3, -0.25) is 0 Å². The van der Waals surface area contributed by atoms with Crippen LogP contribution in [0.3, 0.4) is 0 Å². The summed E-state index contributed by atoms with van der Waals surface area (Å²) in [6.07, 6.45) is 1.32. The molecule has 0 rings (SSSR count). The Morgan fingerprint density at radius 2 is 0.727 bits per heavy atom. The summed E-state index contributed by atoms with van der Waals surface area (Å²) in [5, 5.41) is 63.0. The summed E-state index contributed by atoms with van der Waals surface area (Å²) in [5.41, 5.74) is 6.20. The summed E-state index contributed by atoms with van der Waals surface area (Å²) in [7, 11) is 0. The molecule has 0 bridgehead atoms. The van der Waals surface area contributed by atoms with Crippen molar-refractivity contribution in [3.63, 3.8) is 0 Å². The molecule has 0 aliphatic rings. The lowest BCUT2D eigenvalue weighted by molar-refractivity contribution is 0.737. The van der Waals surface area contributed by atoms with Gasteiger partial charge in [0.25, 0.3) is 0 Å². The van der Waals surface area contributed by atoms with Gasteiger partial charge >= 0.3 is 0 Å². The highest BCUT2D eigenvalue weighted by atomic mass is 15.7. The van der Waals surface area contributed by atoms with E-state index in [1.807, 2.05) is 0 Å². The maximum absolute atomic E-state index is 7.92. The van der Waals surface area contributed by atoms with Crippen LogP contribution in [0.25, 0.3) is 0 Å². The van der Waals surface area contributed by atoms with E-state index in [4.69, 9.17) is 10.8 Å². The minimum Gasteiger partial charge on any atom is -0.183 e. The van der Waals surface area contributed by atoms with Crippen LogP contribution in [0.1, 0.15) is 0 Å². The lowest BCUT2D eigenvalue weighted by atomic mass is 11.5. The molecule has 0 radical (unpaired) electrons. The van der Waals surface area contributed by atoms with E-state index in [0.717, 1.165) is 0 Å². The van der Waals surface area contributed by atoms with Gasteiger partial charge in [0.1, 0.15) is 0 Å². The van der Waals surface area contributed by atoms with Crippen LogP contribution in [0.2, 0.25) is 0 Å². The molecule has 21 nitrogen and oxygen atoms in total. The molecule has 0 spiro atoms. The zero-order valence-electron chi connectivity index (χ0n) is 9.94. The van der Waals surface area contributed by atoms with Crippen LogP contribution in [-0.2, 0) is 0 Å². The van der Waals surface area contributed by atoms with Crippen LogP contribution in [0.15, 0.2) is 99.1 Å². The van der Waals surface area contributed by atoms with E-state index in [1.165, 1.54) is 6.19 Å². The first-order valence-corrected chi connectivity index (χ1v) is 4.27. The van der Waals surface area contributed by atoms with Gasteiger partial charge in [-0.2, -0.15) is 10.8 Å². The summed E-state index contributed by atoms with van der Waals surface area (Å²) in [6.45, 7) is 0. The van der Waals surface area contributed by atoms with Crippen molar-refractivity contribution < 1.29 is 0 Å². The van der Waals surface area contributed by atoms with Crippen LogP contribution < -0.4 is 0 Å². The quantitative estimate of drug-likeness (QED) is 0.370. The first-order valence-electron chi connectivity index (χ1n) is 4.27. The molecule has 0 unspecified atom stereocenters. The molecular formula is CHN21. The van der Waals surface area contributed by atoms with Gasteiger partial charge in [-0.15, -0.1) is 0 Å². The molecule has 0 saturated carbocycles. The fourth-order valence-corrected chi connectivity index (χ4v) is 0.328. The normalized spacial score (nSPS) is 13.8. The number of nitriles is 1. The van der Waals surface area contributed by atoms with Gasteiger partial charge in [-0.1, -0.05) is 0 Å². The van der Waals surface area contributed by atoms with E-state index in [2.05, 4.69) is 99.1 Å². The summed E-state index contributed by atoms with van der Waals surface area (Å²) >= 11 is 0. The lowest BCUT2D eigenvalue weighted by Crippen LogP contribution is -1.51. The molecule has 22 heavy (non-hydrogen) atoms. The molecule has 0 aromatic heterocycles. The number of nitrogens with one attached hydrogen (secondary N) is 1. The van der Waals surface area contributed by atoms with Gasteiger partial charge in [0.15, 0.2) is 0 Å². The number of hydrogen-bond donors (Lipinski definition) is 1. The zero-order valence-corrected chi connectivity index (χ0v) is 9.94. The molecule has 0 fully saturated rings. The molecule has 0 aliphatic heterocycles. The standard InChI is InChI=1S/CHN21/c2-1-4-6-8-10-12-14-16-18-20-22-21-19-17-15-13-11-9-7-5-3/h3H/b5-3?,6-4?,9-7-,10-8-,13-11-,14-12-,17-15-,18-16-,21-19-,22-20-. The molecule has 0 atom stereocenters. The molecule has 0 aromatic carbocycles. The first kappa shape index (κ1) is 17.5. The highest BCUT2D eigenvalue weighted by molar-refractivity contribution is 4.56. The Bertz CT molecular complexity index is 580.